The molecule has 8 nitrogen and oxygen atoms in total. The zero-order valence-electron chi connectivity index (χ0n) is 26.7. The third-order valence-electron chi connectivity index (χ3n) is 8.44. The minimum Gasteiger partial charge on any atom is -0.378 e. The van der Waals surface area contributed by atoms with Gasteiger partial charge in [-0.25, -0.2) is 9.97 Å². The molecule has 0 radical (unpaired) electrons. The van der Waals surface area contributed by atoms with Gasteiger partial charge in [0.2, 0.25) is 0 Å². The van der Waals surface area contributed by atoms with Gasteiger partial charge in [0.25, 0.3) is 5.91 Å². The Kier molecular flexibility index (Phi) is 8.67. The van der Waals surface area contributed by atoms with Crippen molar-refractivity contribution in [2.45, 2.75) is 45.3 Å². The van der Waals surface area contributed by atoms with Crippen molar-refractivity contribution in [2.24, 2.45) is 0 Å². The smallest absolute Gasteiger partial charge is 0.378 e. The van der Waals surface area contributed by atoms with Gasteiger partial charge in [-0.15, -0.1) is 0 Å². The molecule has 0 bridgehead atoms. The van der Waals surface area contributed by atoms with E-state index in [9.17, 15) is 18.0 Å². The molecule has 0 spiro atoms. The van der Waals surface area contributed by atoms with Gasteiger partial charge >= 0.3 is 6.18 Å². The number of morpholine rings is 1. The number of fused-ring (bicyclic) bond motifs is 1. The first-order valence-electron chi connectivity index (χ1n) is 15.5. The number of alkyl halides is 3. The molecule has 11 heteroatoms. The van der Waals surface area contributed by atoms with Crippen LogP contribution in [0.1, 0.15) is 53.9 Å². The summed E-state index contributed by atoms with van der Waals surface area (Å²) in [6.45, 7) is 10.0. The molecule has 244 valence electrons. The Hall–Kier alpha value is -4.90. The van der Waals surface area contributed by atoms with Crippen LogP contribution < -0.4 is 10.6 Å². The fourth-order valence-electron chi connectivity index (χ4n) is 5.74. The van der Waals surface area contributed by atoms with Gasteiger partial charge in [-0.05, 0) is 58.9 Å². The third-order valence-corrected chi connectivity index (χ3v) is 8.44. The molecule has 1 fully saturated rings. The Morgan fingerprint density at radius 3 is 2.36 bits per heavy atom. The predicted octanol–water partition coefficient (Wildman–Crippen LogP) is 7.93. The highest BCUT2D eigenvalue weighted by molar-refractivity contribution is 5.94. The molecule has 1 saturated heterocycles. The van der Waals surface area contributed by atoms with Crippen molar-refractivity contribution >= 4 is 28.7 Å². The molecular weight excluding hydrogens is 605 g/mol. The van der Waals surface area contributed by atoms with Crippen LogP contribution in [0.3, 0.4) is 0 Å². The predicted molar refractivity (Wildman–Crippen MR) is 177 cm³/mol. The number of imidazole rings is 1. The number of benzene rings is 2. The van der Waals surface area contributed by atoms with Crippen molar-refractivity contribution in [2.75, 3.05) is 36.9 Å². The van der Waals surface area contributed by atoms with Crippen LogP contribution in [0.15, 0.2) is 85.5 Å². The highest BCUT2D eigenvalue weighted by atomic mass is 19.4. The van der Waals surface area contributed by atoms with Crippen LogP contribution in [0.5, 0.6) is 0 Å². The van der Waals surface area contributed by atoms with Crippen LogP contribution in [0.4, 0.5) is 30.4 Å². The molecule has 2 aromatic carbocycles. The Balaban J connectivity index is 1.28. The average molecular weight is 643 g/mol. The number of halogens is 3. The molecule has 2 N–H and O–H groups in total. The fraction of sp³-hybridized carbons (Fsp3) is 0.306. The van der Waals surface area contributed by atoms with Gasteiger partial charge in [-0.2, -0.15) is 13.2 Å². The van der Waals surface area contributed by atoms with E-state index in [1.54, 1.807) is 72.0 Å². The summed E-state index contributed by atoms with van der Waals surface area (Å²) in [5.74, 6) is 0.423. The number of pyridine rings is 2. The van der Waals surface area contributed by atoms with E-state index in [0.29, 0.717) is 60.3 Å². The van der Waals surface area contributed by atoms with Crippen LogP contribution in [-0.4, -0.2) is 57.7 Å². The van der Waals surface area contributed by atoms with Crippen molar-refractivity contribution in [3.05, 3.63) is 108 Å². The van der Waals surface area contributed by atoms with E-state index < -0.39 is 12.2 Å². The lowest BCUT2D eigenvalue weighted by molar-refractivity contribution is -0.144. The number of hydrogen-bond donors (Lipinski definition) is 2. The van der Waals surface area contributed by atoms with Gasteiger partial charge in [0.1, 0.15) is 11.9 Å². The van der Waals surface area contributed by atoms with E-state index in [0.717, 1.165) is 16.7 Å². The zero-order valence-corrected chi connectivity index (χ0v) is 26.7. The van der Waals surface area contributed by atoms with Gasteiger partial charge in [0.15, 0.2) is 5.65 Å². The number of carbonyl (C=O) groups excluding carboxylic acids is 1. The van der Waals surface area contributed by atoms with Crippen LogP contribution in [0, 0.1) is 6.92 Å². The Morgan fingerprint density at radius 2 is 1.70 bits per heavy atom. The molecular formula is C36H37F3N6O2. The lowest BCUT2D eigenvalue weighted by Crippen LogP contribution is -2.40. The minimum absolute atomic E-state index is 0.0938. The molecule has 1 unspecified atom stereocenters. The van der Waals surface area contributed by atoms with Crippen molar-refractivity contribution < 1.29 is 22.7 Å². The molecule has 1 aliphatic heterocycles. The molecule has 4 heterocycles. The van der Waals surface area contributed by atoms with Crippen LogP contribution in [-0.2, 0) is 10.2 Å². The fourth-order valence-corrected chi connectivity index (χ4v) is 5.74. The summed E-state index contributed by atoms with van der Waals surface area (Å²) in [5.41, 5.74) is 5.31. The second kappa shape index (κ2) is 12.7. The van der Waals surface area contributed by atoms with Crippen molar-refractivity contribution in [3.63, 3.8) is 0 Å². The first-order chi connectivity index (χ1) is 22.4. The SMILES string of the molecule is Cc1c(NC(c2ccc(C(C)(C)C)cc2)C(F)(F)F)cccc1-c1cc(Nc2ccc(C(=O)N3CCOCC3)cn2)c2nccn2c1. The van der Waals surface area contributed by atoms with Crippen LogP contribution >= 0.6 is 0 Å². The van der Waals surface area contributed by atoms with Gasteiger partial charge < -0.3 is 24.7 Å². The van der Waals surface area contributed by atoms with Gasteiger partial charge in [-0.3, -0.25) is 4.79 Å². The molecule has 1 aliphatic rings. The number of hydrogen-bond acceptors (Lipinski definition) is 6. The van der Waals surface area contributed by atoms with E-state index in [-0.39, 0.29) is 16.9 Å². The van der Waals surface area contributed by atoms with Crippen molar-refractivity contribution in [1.29, 1.82) is 0 Å². The molecule has 47 heavy (non-hydrogen) atoms. The Morgan fingerprint density at radius 1 is 0.957 bits per heavy atom. The third kappa shape index (κ3) is 6.95. The van der Waals surface area contributed by atoms with E-state index in [1.807, 2.05) is 50.4 Å². The summed E-state index contributed by atoms with van der Waals surface area (Å²) in [5, 5.41) is 6.10. The number of amides is 1. The van der Waals surface area contributed by atoms with Crippen molar-refractivity contribution in [3.8, 4) is 11.1 Å². The number of anilines is 3. The lowest BCUT2D eigenvalue weighted by atomic mass is 9.86. The molecule has 5 aromatic rings. The van der Waals surface area contributed by atoms with Crippen molar-refractivity contribution in [1.82, 2.24) is 19.3 Å². The highest BCUT2D eigenvalue weighted by Gasteiger charge is 2.41. The van der Waals surface area contributed by atoms with E-state index >= 15 is 0 Å². The summed E-state index contributed by atoms with van der Waals surface area (Å²) < 4.78 is 50.5. The Bertz CT molecular complexity index is 1870. The first-order valence-corrected chi connectivity index (χ1v) is 15.5. The Labute approximate surface area is 271 Å². The number of nitrogens with zero attached hydrogens (tertiary/aromatic N) is 4. The molecule has 1 atom stereocenters. The monoisotopic (exact) mass is 642 g/mol. The minimum atomic E-state index is -4.52. The maximum atomic E-state index is 14.4. The summed E-state index contributed by atoms with van der Waals surface area (Å²) >= 11 is 0. The van der Waals surface area contributed by atoms with Crippen LogP contribution in [0.2, 0.25) is 0 Å². The summed E-state index contributed by atoms with van der Waals surface area (Å²) in [6, 6.07) is 15.4. The van der Waals surface area contributed by atoms with Gasteiger partial charge in [-0.1, -0.05) is 57.2 Å². The van der Waals surface area contributed by atoms with Gasteiger partial charge in [0.05, 0.1) is 24.5 Å². The maximum absolute atomic E-state index is 14.4. The number of aromatic nitrogens is 3. The number of nitrogens with one attached hydrogen (secondary N) is 2. The molecule has 0 aliphatic carbocycles. The molecule has 0 saturated carbocycles. The van der Waals surface area contributed by atoms with Crippen LogP contribution in [0.25, 0.3) is 16.8 Å². The lowest BCUT2D eigenvalue weighted by Gasteiger charge is -2.26. The number of ether oxygens (including phenoxy) is 1. The maximum Gasteiger partial charge on any atom is 0.412 e. The highest BCUT2D eigenvalue weighted by Crippen LogP contribution is 2.39. The normalized spacial score (nSPS) is 14.7. The summed E-state index contributed by atoms with van der Waals surface area (Å²) in [6.07, 6.45) is 2.39. The second-order valence-corrected chi connectivity index (χ2v) is 12.7. The van der Waals surface area contributed by atoms with E-state index in [2.05, 4.69) is 20.6 Å². The van der Waals surface area contributed by atoms with E-state index in [4.69, 9.17) is 4.74 Å². The van der Waals surface area contributed by atoms with E-state index in [1.165, 1.54) is 0 Å². The topological polar surface area (TPSA) is 83.8 Å². The standard InChI is InChI=1S/C36H37F3N6O2/c1-23-28(6-5-7-29(23)43-32(36(37,38)39)24-8-11-27(12-9-24)35(2,3)4)26-20-30(33-40-14-15-45(33)22-26)42-31-13-10-25(21-41-31)34(46)44-16-18-47-19-17-44/h5-15,20-22,32,43H,16-19H2,1-4H3,(H,41,42). The molecule has 6 rings (SSSR count). The summed E-state index contributed by atoms with van der Waals surface area (Å²) in [4.78, 5) is 23.6. The zero-order chi connectivity index (χ0) is 33.3. The second-order valence-electron chi connectivity index (χ2n) is 12.7. The molecule has 3 aromatic heterocycles. The average Bonchev–Trinajstić information content (AvgIpc) is 3.53. The van der Waals surface area contributed by atoms with Gasteiger partial charge in [0, 0.05) is 49.1 Å². The summed E-state index contributed by atoms with van der Waals surface area (Å²) in [7, 11) is 0. The first kappa shape index (κ1) is 32.1. The molecule has 1 amide bonds. The largest absolute Gasteiger partial charge is 0.412 e. The number of rotatable bonds is 7. The quantitative estimate of drug-likeness (QED) is 0.188. The number of carbonyl (C=O) groups is 1.